The molecule has 100 valence electrons. The highest BCUT2D eigenvalue weighted by Gasteiger charge is 2.11. The lowest BCUT2D eigenvalue weighted by atomic mass is 10.2. The maximum atomic E-state index is 10.9. The Hall–Kier alpha value is -1.67. The molecule has 0 aliphatic heterocycles. The molecule has 1 rings (SSSR count). The first-order chi connectivity index (χ1) is 8.29. The van der Waals surface area contributed by atoms with Crippen molar-refractivity contribution < 1.29 is 18.3 Å². The topological polar surface area (TPSA) is 108 Å². The number of carboxylic acids is 1. The van der Waals surface area contributed by atoms with E-state index in [4.69, 9.17) is 5.11 Å². The molecule has 0 radical (unpaired) electrons. The summed E-state index contributed by atoms with van der Waals surface area (Å²) in [5, 5.41) is 11.7. The van der Waals surface area contributed by atoms with Crippen molar-refractivity contribution in [2.45, 2.75) is 6.92 Å². The van der Waals surface area contributed by atoms with E-state index in [9.17, 15) is 13.2 Å². The van der Waals surface area contributed by atoms with E-state index in [2.05, 4.69) is 15.0 Å². The summed E-state index contributed by atoms with van der Waals surface area (Å²) in [6.07, 6.45) is 1.06. The second-order valence-electron chi connectivity index (χ2n) is 3.75. The van der Waals surface area contributed by atoms with Gasteiger partial charge in [0.2, 0.25) is 10.0 Å². The minimum Gasteiger partial charge on any atom is -0.478 e. The smallest absolute Gasteiger partial charge is 0.339 e. The highest BCUT2D eigenvalue weighted by molar-refractivity contribution is 7.88. The van der Waals surface area contributed by atoms with Gasteiger partial charge in [-0.25, -0.2) is 22.9 Å². The van der Waals surface area contributed by atoms with Crippen molar-refractivity contribution >= 4 is 21.8 Å². The van der Waals surface area contributed by atoms with E-state index in [1.54, 1.807) is 13.0 Å². The largest absolute Gasteiger partial charge is 0.478 e. The monoisotopic (exact) mass is 273 g/mol. The van der Waals surface area contributed by atoms with Crippen LogP contribution in [0.4, 0.5) is 5.82 Å². The van der Waals surface area contributed by atoms with Crippen LogP contribution < -0.4 is 10.0 Å². The Kier molecular flexibility index (Phi) is 4.62. The number of anilines is 1. The molecule has 0 aliphatic rings. The van der Waals surface area contributed by atoms with Gasteiger partial charge in [-0.3, -0.25) is 0 Å². The van der Waals surface area contributed by atoms with Crippen LogP contribution in [0.2, 0.25) is 0 Å². The van der Waals surface area contributed by atoms with Crippen LogP contribution in [0.25, 0.3) is 0 Å². The fourth-order valence-corrected chi connectivity index (χ4v) is 1.75. The van der Waals surface area contributed by atoms with Crippen LogP contribution in [0.1, 0.15) is 16.1 Å². The van der Waals surface area contributed by atoms with Crippen molar-refractivity contribution in [1.82, 2.24) is 9.71 Å². The summed E-state index contributed by atoms with van der Waals surface area (Å²) in [6.45, 7) is 2.16. The third kappa shape index (κ3) is 4.68. The molecule has 0 atom stereocenters. The Morgan fingerprint density at radius 1 is 1.39 bits per heavy atom. The highest BCUT2D eigenvalue weighted by Crippen LogP contribution is 2.12. The zero-order chi connectivity index (χ0) is 13.8. The van der Waals surface area contributed by atoms with Crippen LogP contribution >= 0.6 is 0 Å². The molecular formula is C10H15N3O4S. The van der Waals surface area contributed by atoms with Gasteiger partial charge in [0.05, 0.1) is 6.26 Å². The molecule has 0 aliphatic carbocycles. The van der Waals surface area contributed by atoms with Crippen LogP contribution in [0.5, 0.6) is 0 Å². The summed E-state index contributed by atoms with van der Waals surface area (Å²) in [5.41, 5.74) is 0.735. The summed E-state index contributed by atoms with van der Waals surface area (Å²) in [6, 6.07) is 3.06. The van der Waals surface area contributed by atoms with E-state index in [-0.39, 0.29) is 24.5 Å². The number of nitrogens with zero attached hydrogens (tertiary/aromatic N) is 1. The highest BCUT2D eigenvalue weighted by atomic mass is 32.2. The van der Waals surface area contributed by atoms with Crippen molar-refractivity contribution in [3.8, 4) is 0 Å². The van der Waals surface area contributed by atoms with Crippen LogP contribution in [-0.2, 0) is 10.0 Å². The van der Waals surface area contributed by atoms with E-state index >= 15 is 0 Å². The van der Waals surface area contributed by atoms with Gasteiger partial charge in [-0.1, -0.05) is 0 Å². The number of carboxylic acid groups (broad SMARTS) is 1. The summed E-state index contributed by atoms with van der Waals surface area (Å²) >= 11 is 0. The quantitative estimate of drug-likeness (QED) is 0.632. The number of aromatic nitrogens is 1. The SMILES string of the molecule is Cc1ccc(C(=O)O)c(NCCNS(C)(=O)=O)n1. The lowest BCUT2D eigenvalue weighted by molar-refractivity contribution is 0.0697. The predicted molar refractivity (Wildman–Crippen MR) is 67.3 cm³/mol. The number of aryl methyl sites for hydroxylation is 1. The number of hydrogen-bond acceptors (Lipinski definition) is 5. The molecular weight excluding hydrogens is 258 g/mol. The molecule has 0 fully saturated rings. The molecule has 7 nitrogen and oxygen atoms in total. The second-order valence-corrected chi connectivity index (χ2v) is 5.58. The van der Waals surface area contributed by atoms with Crippen molar-refractivity contribution in [3.05, 3.63) is 23.4 Å². The zero-order valence-corrected chi connectivity index (χ0v) is 10.9. The van der Waals surface area contributed by atoms with E-state index in [0.717, 1.165) is 6.26 Å². The lowest BCUT2D eigenvalue weighted by Crippen LogP contribution is -2.28. The maximum absolute atomic E-state index is 10.9. The van der Waals surface area contributed by atoms with E-state index in [1.165, 1.54) is 6.07 Å². The average Bonchev–Trinajstić information content (AvgIpc) is 2.22. The van der Waals surface area contributed by atoms with E-state index < -0.39 is 16.0 Å². The van der Waals surface area contributed by atoms with E-state index in [0.29, 0.717) is 5.69 Å². The van der Waals surface area contributed by atoms with Crippen molar-refractivity contribution in [2.75, 3.05) is 24.7 Å². The molecule has 8 heteroatoms. The Labute approximate surface area is 105 Å². The number of nitrogens with one attached hydrogen (secondary N) is 2. The molecule has 1 heterocycles. The Morgan fingerprint density at radius 2 is 2.06 bits per heavy atom. The molecule has 0 aromatic carbocycles. The van der Waals surface area contributed by atoms with Gasteiger partial charge in [0.15, 0.2) is 0 Å². The number of sulfonamides is 1. The number of aromatic carboxylic acids is 1. The van der Waals surface area contributed by atoms with Crippen LogP contribution in [0.15, 0.2) is 12.1 Å². The minimum absolute atomic E-state index is 0.0555. The summed E-state index contributed by atoms with van der Waals surface area (Å²) < 4.78 is 23.9. The molecule has 0 saturated carbocycles. The van der Waals surface area contributed by atoms with Crippen molar-refractivity contribution in [1.29, 1.82) is 0 Å². The van der Waals surface area contributed by atoms with Crippen LogP contribution in [0.3, 0.4) is 0 Å². The fraction of sp³-hybridized carbons (Fsp3) is 0.400. The van der Waals surface area contributed by atoms with Crippen LogP contribution in [-0.4, -0.2) is 43.8 Å². The van der Waals surface area contributed by atoms with Gasteiger partial charge in [-0.15, -0.1) is 0 Å². The first-order valence-corrected chi connectivity index (χ1v) is 7.08. The fourth-order valence-electron chi connectivity index (χ4n) is 1.28. The molecule has 0 spiro atoms. The van der Waals surface area contributed by atoms with Crippen molar-refractivity contribution in [2.24, 2.45) is 0 Å². The Bertz CT molecular complexity index is 542. The number of carbonyl (C=O) groups is 1. The Morgan fingerprint density at radius 3 is 2.61 bits per heavy atom. The summed E-state index contributed by atoms with van der Waals surface area (Å²) in [4.78, 5) is 15.0. The van der Waals surface area contributed by atoms with Crippen molar-refractivity contribution in [3.63, 3.8) is 0 Å². The third-order valence-electron chi connectivity index (χ3n) is 2.05. The average molecular weight is 273 g/mol. The number of hydrogen-bond donors (Lipinski definition) is 3. The maximum Gasteiger partial charge on any atom is 0.339 e. The minimum atomic E-state index is -3.24. The molecule has 0 saturated heterocycles. The first-order valence-electron chi connectivity index (χ1n) is 5.19. The molecule has 0 amide bonds. The lowest BCUT2D eigenvalue weighted by Gasteiger charge is -2.09. The predicted octanol–water partition coefficient (Wildman–Crippen LogP) is 0.0493. The molecule has 0 unspecified atom stereocenters. The van der Waals surface area contributed by atoms with Crippen LogP contribution in [0, 0.1) is 6.92 Å². The third-order valence-corrected chi connectivity index (χ3v) is 2.78. The van der Waals surface area contributed by atoms with Gasteiger partial charge in [0.1, 0.15) is 11.4 Å². The summed E-state index contributed by atoms with van der Waals surface area (Å²) in [7, 11) is -3.24. The zero-order valence-electron chi connectivity index (χ0n) is 10.1. The van der Waals surface area contributed by atoms with Gasteiger partial charge in [-0.2, -0.15) is 0 Å². The van der Waals surface area contributed by atoms with Gasteiger partial charge < -0.3 is 10.4 Å². The van der Waals surface area contributed by atoms with Gasteiger partial charge in [0.25, 0.3) is 0 Å². The van der Waals surface area contributed by atoms with Gasteiger partial charge in [-0.05, 0) is 19.1 Å². The van der Waals surface area contributed by atoms with Gasteiger partial charge >= 0.3 is 5.97 Å². The molecule has 1 aromatic heterocycles. The summed E-state index contributed by atoms with van der Waals surface area (Å²) in [5.74, 6) is -0.848. The normalized spacial score (nSPS) is 11.2. The van der Waals surface area contributed by atoms with E-state index in [1.807, 2.05) is 0 Å². The second kappa shape index (κ2) is 5.78. The molecule has 3 N–H and O–H groups in total. The molecule has 1 aromatic rings. The molecule has 0 bridgehead atoms. The standard InChI is InChI=1S/C10H15N3O4S/c1-7-3-4-8(10(14)15)9(13-7)11-5-6-12-18(2,16)17/h3-4,12H,5-6H2,1-2H3,(H,11,13)(H,14,15). The first kappa shape index (κ1) is 14.4. The number of rotatable bonds is 6. The Balaban J connectivity index is 2.66. The number of pyridine rings is 1. The van der Waals surface area contributed by atoms with Gasteiger partial charge in [0, 0.05) is 18.8 Å². The molecule has 18 heavy (non-hydrogen) atoms.